The van der Waals surface area contributed by atoms with Gasteiger partial charge in [0.25, 0.3) is 0 Å². The van der Waals surface area contributed by atoms with E-state index in [1.54, 1.807) is 4.68 Å². The van der Waals surface area contributed by atoms with E-state index in [4.69, 9.17) is 4.74 Å². The van der Waals surface area contributed by atoms with Gasteiger partial charge in [-0.3, -0.25) is 4.79 Å². The summed E-state index contributed by atoms with van der Waals surface area (Å²) < 4.78 is 35.0. The lowest BCUT2D eigenvalue weighted by Crippen LogP contribution is -2.31. The van der Waals surface area contributed by atoms with Gasteiger partial charge in [0.15, 0.2) is 11.6 Å². The Bertz CT molecular complexity index is 1040. The Morgan fingerprint density at radius 1 is 1.16 bits per heavy atom. The van der Waals surface area contributed by atoms with Gasteiger partial charge in [-0.15, -0.1) is 0 Å². The van der Waals surface area contributed by atoms with Crippen molar-refractivity contribution in [3.63, 3.8) is 0 Å². The molecule has 1 amide bonds. The second kappa shape index (κ2) is 10.2. The van der Waals surface area contributed by atoms with Gasteiger partial charge in [0.1, 0.15) is 5.82 Å². The number of hydrogen-bond donors (Lipinski definition) is 1. The fourth-order valence-electron chi connectivity index (χ4n) is 3.08. The Hall–Kier alpha value is -3.26. The van der Waals surface area contributed by atoms with Crippen LogP contribution in [0.4, 0.5) is 8.78 Å². The molecular weight excluding hydrogens is 402 g/mol. The quantitative estimate of drug-likeness (QED) is 0.562. The zero-order chi connectivity index (χ0) is 22.4. The maximum Gasteiger partial charge on any atom is 0.226 e. The summed E-state index contributed by atoms with van der Waals surface area (Å²) in [5.74, 6) is -1.41. The minimum absolute atomic E-state index is 0.0902. The van der Waals surface area contributed by atoms with E-state index in [0.29, 0.717) is 30.1 Å². The number of nitrogens with zero attached hydrogens (tertiary/aromatic N) is 3. The summed E-state index contributed by atoms with van der Waals surface area (Å²) in [5.41, 5.74) is 2.09. The summed E-state index contributed by atoms with van der Waals surface area (Å²) in [7, 11) is 3.87. The molecule has 0 aliphatic carbocycles. The standard InChI is InChI=1S/C23H26F2N4O2/c1-16-19(10-12-22(30)26-13-14-28(2)3)23(29(27-16)18-7-5-4-6-8-18)31-21-11-9-17(24)15-20(21)25/h4-9,11,15H,10,12-14H2,1-3H3,(H,26,30). The second-order valence-corrected chi connectivity index (χ2v) is 7.45. The molecule has 0 radical (unpaired) electrons. The molecule has 0 aliphatic heterocycles. The predicted octanol–water partition coefficient (Wildman–Crippen LogP) is 3.86. The fourth-order valence-corrected chi connectivity index (χ4v) is 3.08. The zero-order valence-electron chi connectivity index (χ0n) is 17.9. The molecule has 1 heterocycles. The highest BCUT2D eigenvalue weighted by Gasteiger charge is 2.21. The summed E-state index contributed by atoms with van der Waals surface area (Å²) in [6.45, 7) is 3.11. The van der Waals surface area contributed by atoms with E-state index < -0.39 is 11.6 Å². The first-order valence-corrected chi connectivity index (χ1v) is 10.0. The number of carbonyl (C=O) groups is 1. The highest BCUT2D eigenvalue weighted by molar-refractivity contribution is 5.76. The molecule has 2 aromatic carbocycles. The predicted molar refractivity (Wildman–Crippen MR) is 115 cm³/mol. The fraction of sp³-hybridized carbons (Fsp3) is 0.304. The molecule has 1 N–H and O–H groups in total. The third-order valence-electron chi connectivity index (χ3n) is 4.72. The number of likely N-dealkylation sites (N-methyl/N-ethyl adjacent to an activating group) is 1. The van der Waals surface area contributed by atoms with E-state index in [-0.39, 0.29) is 18.1 Å². The SMILES string of the molecule is Cc1nn(-c2ccccc2)c(Oc2ccc(F)cc2F)c1CCC(=O)NCCN(C)C. The van der Waals surface area contributed by atoms with Crippen molar-refractivity contribution in [2.24, 2.45) is 0 Å². The number of carbonyl (C=O) groups excluding carboxylic acids is 1. The monoisotopic (exact) mass is 428 g/mol. The maximum absolute atomic E-state index is 14.3. The lowest BCUT2D eigenvalue weighted by Gasteiger charge is -2.13. The van der Waals surface area contributed by atoms with Crippen LogP contribution in [0.25, 0.3) is 5.69 Å². The second-order valence-electron chi connectivity index (χ2n) is 7.45. The van der Waals surface area contributed by atoms with Gasteiger partial charge in [-0.05, 0) is 51.7 Å². The molecule has 0 aliphatic rings. The number of benzene rings is 2. The molecule has 164 valence electrons. The highest BCUT2D eigenvalue weighted by Crippen LogP contribution is 2.32. The van der Waals surface area contributed by atoms with Gasteiger partial charge in [-0.2, -0.15) is 5.10 Å². The van der Waals surface area contributed by atoms with Crippen molar-refractivity contribution in [1.29, 1.82) is 0 Å². The van der Waals surface area contributed by atoms with E-state index in [9.17, 15) is 13.6 Å². The van der Waals surface area contributed by atoms with Crippen molar-refractivity contribution in [2.75, 3.05) is 27.2 Å². The normalized spacial score (nSPS) is 11.0. The van der Waals surface area contributed by atoms with E-state index in [1.165, 1.54) is 6.07 Å². The van der Waals surface area contributed by atoms with Crippen LogP contribution >= 0.6 is 0 Å². The number of amides is 1. The Balaban J connectivity index is 1.87. The van der Waals surface area contributed by atoms with Crippen LogP contribution in [0.5, 0.6) is 11.6 Å². The van der Waals surface area contributed by atoms with Gasteiger partial charge in [-0.25, -0.2) is 13.5 Å². The number of hydrogen-bond acceptors (Lipinski definition) is 4. The third-order valence-corrected chi connectivity index (χ3v) is 4.72. The number of para-hydroxylation sites is 1. The van der Waals surface area contributed by atoms with Gasteiger partial charge < -0.3 is 15.0 Å². The van der Waals surface area contributed by atoms with Crippen molar-refractivity contribution in [2.45, 2.75) is 19.8 Å². The van der Waals surface area contributed by atoms with Crippen molar-refractivity contribution >= 4 is 5.91 Å². The molecule has 31 heavy (non-hydrogen) atoms. The molecule has 0 spiro atoms. The third kappa shape index (κ3) is 5.88. The van der Waals surface area contributed by atoms with Crippen LogP contribution in [0.3, 0.4) is 0 Å². The number of aromatic nitrogens is 2. The van der Waals surface area contributed by atoms with Crippen LogP contribution in [-0.4, -0.2) is 47.8 Å². The van der Waals surface area contributed by atoms with Crippen molar-refractivity contribution in [3.05, 3.63) is 71.4 Å². The Morgan fingerprint density at radius 2 is 1.90 bits per heavy atom. The first kappa shape index (κ1) is 22.4. The molecule has 0 saturated carbocycles. The first-order valence-electron chi connectivity index (χ1n) is 10.0. The van der Waals surface area contributed by atoms with Gasteiger partial charge in [0.2, 0.25) is 11.8 Å². The molecule has 0 fully saturated rings. The van der Waals surface area contributed by atoms with E-state index in [1.807, 2.05) is 56.3 Å². The number of halogens is 2. The maximum atomic E-state index is 14.3. The molecule has 0 atom stereocenters. The van der Waals surface area contributed by atoms with Gasteiger partial charge >= 0.3 is 0 Å². The summed E-state index contributed by atoms with van der Waals surface area (Å²) in [6, 6.07) is 12.4. The van der Waals surface area contributed by atoms with Crippen LogP contribution in [0.2, 0.25) is 0 Å². The number of rotatable bonds is 9. The molecule has 0 unspecified atom stereocenters. The molecule has 6 nitrogen and oxygen atoms in total. The number of nitrogens with one attached hydrogen (secondary N) is 1. The van der Waals surface area contributed by atoms with Crippen LogP contribution < -0.4 is 10.1 Å². The molecule has 0 bridgehead atoms. The number of ether oxygens (including phenoxy) is 1. The summed E-state index contributed by atoms with van der Waals surface area (Å²) in [4.78, 5) is 14.2. The molecule has 3 aromatic rings. The summed E-state index contributed by atoms with van der Waals surface area (Å²) in [6.07, 6.45) is 0.599. The van der Waals surface area contributed by atoms with Crippen LogP contribution in [0.15, 0.2) is 48.5 Å². The van der Waals surface area contributed by atoms with Gasteiger partial charge in [0, 0.05) is 31.1 Å². The molecule has 1 aromatic heterocycles. The minimum Gasteiger partial charge on any atom is -0.436 e. The summed E-state index contributed by atoms with van der Waals surface area (Å²) in [5, 5.41) is 7.42. The van der Waals surface area contributed by atoms with Crippen LogP contribution in [0, 0.1) is 18.6 Å². The minimum atomic E-state index is -0.814. The van der Waals surface area contributed by atoms with Gasteiger partial charge in [-0.1, -0.05) is 18.2 Å². The lowest BCUT2D eigenvalue weighted by molar-refractivity contribution is -0.121. The average Bonchev–Trinajstić information content (AvgIpc) is 3.04. The van der Waals surface area contributed by atoms with Crippen LogP contribution in [0.1, 0.15) is 17.7 Å². The first-order chi connectivity index (χ1) is 14.8. The van der Waals surface area contributed by atoms with E-state index >= 15 is 0 Å². The Morgan fingerprint density at radius 3 is 2.58 bits per heavy atom. The Kier molecular flexibility index (Phi) is 7.36. The lowest BCUT2D eigenvalue weighted by atomic mass is 10.1. The topological polar surface area (TPSA) is 59.4 Å². The van der Waals surface area contributed by atoms with Crippen molar-refractivity contribution in [1.82, 2.24) is 20.0 Å². The van der Waals surface area contributed by atoms with E-state index in [0.717, 1.165) is 24.4 Å². The smallest absolute Gasteiger partial charge is 0.226 e. The van der Waals surface area contributed by atoms with Crippen LogP contribution in [-0.2, 0) is 11.2 Å². The highest BCUT2D eigenvalue weighted by atomic mass is 19.1. The molecule has 3 rings (SSSR count). The van der Waals surface area contributed by atoms with Gasteiger partial charge in [0.05, 0.1) is 11.4 Å². The molecule has 0 saturated heterocycles. The van der Waals surface area contributed by atoms with Crippen molar-refractivity contribution in [3.8, 4) is 17.3 Å². The van der Waals surface area contributed by atoms with E-state index in [2.05, 4.69) is 10.4 Å². The largest absolute Gasteiger partial charge is 0.436 e. The molecule has 8 heteroatoms. The zero-order valence-corrected chi connectivity index (χ0v) is 17.9. The Labute approximate surface area is 180 Å². The average molecular weight is 428 g/mol. The summed E-state index contributed by atoms with van der Waals surface area (Å²) >= 11 is 0. The number of aryl methyl sites for hydroxylation is 1. The molecular formula is C23H26F2N4O2. The van der Waals surface area contributed by atoms with Crippen molar-refractivity contribution < 1.29 is 18.3 Å².